The van der Waals surface area contributed by atoms with Crippen LogP contribution in [-0.4, -0.2) is 93.9 Å². The molecule has 2 unspecified atom stereocenters. The number of methoxy groups -OCH3 is 1. The quantitative estimate of drug-likeness (QED) is 0.594. The Morgan fingerprint density at radius 3 is 2.74 bits per heavy atom. The average Bonchev–Trinajstić information content (AvgIpc) is 3.48. The molecule has 2 spiro atoms. The van der Waals surface area contributed by atoms with E-state index in [-0.39, 0.29) is 46.3 Å². The van der Waals surface area contributed by atoms with Crippen molar-refractivity contribution in [1.82, 2.24) is 30.3 Å². The fourth-order valence-corrected chi connectivity index (χ4v) is 6.51. The van der Waals surface area contributed by atoms with E-state index >= 15 is 0 Å². The van der Waals surface area contributed by atoms with E-state index < -0.39 is 5.82 Å². The van der Waals surface area contributed by atoms with Crippen molar-refractivity contribution in [3.05, 3.63) is 29.8 Å². The number of nitrogens with zero attached hydrogens (tertiary/aromatic N) is 4. The molecule has 5 heterocycles. The number of ether oxygens (including phenoxy) is 2. The number of pyridine rings is 1. The van der Waals surface area contributed by atoms with Gasteiger partial charge in [0.1, 0.15) is 5.69 Å². The lowest BCUT2D eigenvalue weighted by molar-refractivity contribution is -0.160. The molecule has 0 radical (unpaired) electrons. The fraction of sp³-hybridized carbons (Fsp3) is 0.630. The molecule has 0 aromatic carbocycles. The molecule has 3 aliphatic heterocycles. The molecule has 2 amide bonds. The van der Waals surface area contributed by atoms with E-state index in [1.54, 1.807) is 6.07 Å². The van der Waals surface area contributed by atoms with Gasteiger partial charge in [0.2, 0.25) is 11.8 Å². The summed E-state index contributed by atoms with van der Waals surface area (Å²) in [6, 6.07) is 3.18. The second-order valence-electron chi connectivity index (χ2n) is 11.2. The Balaban J connectivity index is 1.09. The Morgan fingerprint density at radius 1 is 1.24 bits per heavy atom. The monoisotopic (exact) mass is 526 g/mol. The molecule has 3 saturated heterocycles. The highest BCUT2D eigenvalue weighted by Crippen LogP contribution is 2.50. The number of likely N-dealkylation sites (N-methyl/N-ethyl adjacent to an activating group) is 1. The van der Waals surface area contributed by atoms with E-state index in [0.717, 1.165) is 58.2 Å². The number of aromatic nitrogens is 3. The molecule has 204 valence electrons. The first-order valence-electron chi connectivity index (χ1n) is 13.6. The largest absolute Gasteiger partial charge is 0.481 e. The predicted molar refractivity (Wildman–Crippen MR) is 136 cm³/mol. The van der Waals surface area contributed by atoms with Crippen LogP contribution in [0, 0.1) is 11.7 Å². The van der Waals surface area contributed by atoms with Gasteiger partial charge in [-0.3, -0.25) is 19.6 Å². The highest BCUT2D eigenvalue weighted by molar-refractivity contribution is 5.94. The molecule has 10 nitrogen and oxygen atoms in total. The molecule has 4 fully saturated rings. The third-order valence-electron chi connectivity index (χ3n) is 9.01. The van der Waals surface area contributed by atoms with E-state index in [4.69, 9.17) is 9.47 Å². The molecule has 1 aliphatic carbocycles. The van der Waals surface area contributed by atoms with Gasteiger partial charge in [0.25, 0.3) is 5.91 Å². The van der Waals surface area contributed by atoms with Crippen LogP contribution in [0.3, 0.4) is 0 Å². The number of hydrogen-bond donors (Lipinski definition) is 2. The topological polar surface area (TPSA) is 113 Å². The van der Waals surface area contributed by atoms with Crippen LogP contribution in [0.2, 0.25) is 0 Å². The van der Waals surface area contributed by atoms with Crippen LogP contribution >= 0.6 is 0 Å². The molecule has 2 N–H and O–H groups in total. The van der Waals surface area contributed by atoms with Gasteiger partial charge in [-0.1, -0.05) is 6.92 Å². The Hall–Kier alpha value is -3.05. The molecular weight excluding hydrogens is 491 g/mol. The summed E-state index contributed by atoms with van der Waals surface area (Å²) < 4.78 is 25.0. The molecule has 0 bridgehead atoms. The molecule has 4 aliphatic rings. The van der Waals surface area contributed by atoms with Gasteiger partial charge >= 0.3 is 0 Å². The van der Waals surface area contributed by atoms with Crippen molar-refractivity contribution < 1.29 is 23.5 Å². The van der Waals surface area contributed by atoms with E-state index in [1.165, 1.54) is 13.2 Å². The lowest BCUT2D eigenvalue weighted by Crippen LogP contribution is -2.67. The van der Waals surface area contributed by atoms with Gasteiger partial charge in [0, 0.05) is 42.2 Å². The van der Waals surface area contributed by atoms with Gasteiger partial charge < -0.3 is 19.7 Å². The Bertz CT molecular complexity index is 1230. The second kappa shape index (κ2) is 9.60. The average molecular weight is 527 g/mol. The highest BCUT2D eigenvalue weighted by Gasteiger charge is 2.55. The van der Waals surface area contributed by atoms with Crippen LogP contribution in [0.25, 0.3) is 11.3 Å². The summed E-state index contributed by atoms with van der Waals surface area (Å²) in [6.07, 6.45) is 6.16. The van der Waals surface area contributed by atoms with Gasteiger partial charge in [0.05, 0.1) is 37.8 Å². The van der Waals surface area contributed by atoms with Crippen molar-refractivity contribution in [1.29, 1.82) is 0 Å². The number of amides is 2. The zero-order valence-electron chi connectivity index (χ0n) is 22.0. The van der Waals surface area contributed by atoms with Gasteiger partial charge in [-0.2, -0.15) is 5.10 Å². The maximum Gasteiger partial charge on any atom is 0.272 e. The summed E-state index contributed by atoms with van der Waals surface area (Å²) >= 11 is 0. The molecule has 1 saturated carbocycles. The predicted octanol–water partition coefficient (Wildman–Crippen LogP) is 2.37. The number of nitrogens with one attached hydrogen (secondary N) is 2. The van der Waals surface area contributed by atoms with Crippen molar-refractivity contribution in [2.45, 2.75) is 62.6 Å². The third kappa shape index (κ3) is 4.35. The first-order chi connectivity index (χ1) is 18.4. The number of hydrogen-bond acceptors (Lipinski definition) is 7. The fourth-order valence-electron chi connectivity index (χ4n) is 6.51. The van der Waals surface area contributed by atoms with Gasteiger partial charge in [-0.05, 0) is 51.1 Å². The Kier molecular flexibility index (Phi) is 6.38. The van der Waals surface area contributed by atoms with Crippen molar-refractivity contribution in [3.8, 4) is 17.1 Å². The summed E-state index contributed by atoms with van der Waals surface area (Å²) in [5.41, 5.74) is 0.711. The standard InChI is InChI=1S/C27H35FN6O4/c1-3-33-14-18(4-6-27(33)15-38-16-27)30-24(35)17-5-9-34(26(12-17)7-8-26)25(36)22-11-21(31-32-22)19-10-23(37-2)29-13-20(19)28/h10-11,13,17-18H,3-9,12,14-16H2,1-2H3,(H,30,35)(H,31,32). The molecule has 2 aromatic heterocycles. The van der Waals surface area contributed by atoms with Crippen LogP contribution < -0.4 is 10.1 Å². The van der Waals surface area contributed by atoms with Crippen LogP contribution in [0.1, 0.15) is 55.9 Å². The van der Waals surface area contributed by atoms with Crippen molar-refractivity contribution in [2.24, 2.45) is 5.92 Å². The molecule has 6 rings (SSSR count). The molecule has 11 heteroatoms. The number of carbonyl (C=O) groups excluding carboxylic acids is 2. The van der Waals surface area contributed by atoms with Gasteiger partial charge in [-0.25, -0.2) is 9.37 Å². The maximum atomic E-state index is 14.4. The van der Waals surface area contributed by atoms with Crippen molar-refractivity contribution >= 4 is 11.8 Å². The molecule has 2 aromatic rings. The minimum Gasteiger partial charge on any atom is -0.481 e. The van der Waals surface area contributed by atoms with Gasteiger partial charge in [0.15, 0.2) is 5.82 Å². The summed E-state index contributed by atoms with van der Waals surface area (Å²) in [5.74, 6) is -0.438. The Morgan fingerprint density at radius 2 is 2.05 bits per heavy atom. The summed E-state index contributed by atoms with van der Waals surface area (Å²) in [4.78, 5) is 35.0. The number of H-pyrrole nitrogens is 1. The number of piperidine rings is 2. The van der Waals surface area contributed by atoms with Gasteiger partial charge in [-0.15, -0.1) is 0 Å². The van der Waals surface area contributed by atoms with Crippen LogP contribution in [0.15, 0.2) is 18.3 Å². The highest BCUT2D eigenvalue weighted by atomic mass is 19.1. The summed E-state index contributed by atoms with van der Waals surface area (Å²) in [7, 11) is 1.46. The van der Waals surface area contributed by atoms with E-state index in [0.29, 0.717) is 30.8 Å². The van der Waals surface area contributed by atoms with Crippen LogP contribution in [0.5, 0.6) is 5.88 Å². The number of aromatic amines is 1. The smallest absolute Gasteiger partial charge is 0.272 e. The van der Waals surface area contributed by atoms with Crippen molar-refractivity contribution in [3.63, 3.8) is 0 Å². The number of carbonyl (C=O) groups is 2. The molecule has 2 atom stereocenters. The summed E-state index contributed by atoms with van der Waals surface area (Å²) in [6.45, 7) is 6.08. The normalized spacial score (nSPS) is 25.7. The number of halogens is 1. The first-order valence-corrected chi connectivity index (χ1v) is 13.6. The minimum atomic E-state index is -0.544. The number of likely N-dealkylation sites (tertiary alicyclic amines) is 2. The van der Waals surface area contributed by atoms with E-state index in [9.17, 15) is 14.0 Å². The second-order valence-corrected chi connectivity index (χ2v) is 11.2. The SMILES string of the molecule is CCN1CC(NC(=O)C2CCN(C(=O)c3cc(-c4cc(OC)ncc4F)n[nH]3)C3(CC3)C2)CCC12COC2. The third-order valence-corrected chi connectivity index (χ3v) is 9.01. The zero-order valence-corrected chi connectivity index (χ0v) is 22.0. The van der Waals surface area contributed by atoms with Crippen molar-refractivity contribution in [2.75, 3.05) is 40.0 Å². The van der Waals surface area contributed by atoms with Crippen LogP contribution in [0.4, 0.5) is 4.39 Å². The maximum absolute atomic E-state index is 14.4. The zero-order chi connectivity index (χ0) is 26.5. The Labute approximate surface area is 221 Å². The van der Waals surface area contributed by atoms with E-state index in [2.05, 4.69) is 32.3 Å². The summed E-state index contributed by atoms with van der Waals surface area (Å²) in [5, 5.41) is 10.3. The molecular formula is C27H35FN6O4. The lowest BCUT2D eigenvalue weighted by atomic mass is 9.82. The first kappa shape index (κ1) is 25.2. The lowest BCUT2D eigenvalue weighted by Gasteiger charge is -2.54. The minimum absolute atomic E-state index is 0.102. The van der Waals surface area contributed by atoms with Crippen LogP contribution in [-0.2, 0) is 9.53 Å². The molecule has 38 heavy (non-hydrogen) atoms. The number of rotatable bonds is 6. The van der Waals surface area contributed by atoms with E-state index in [1.807, 2.05) is 4.90 Å².